The first-order valence-electron chi connectivity index (χ1n) is 7.91. The summed E-state index contributed by atoms with van der Waals surface area (Å²) < 4.78 is 40.7. The SMILES string of the molecule is CC(C)CNC(=O)c1cccc(S(=O)(=O)NCc2ccccc2F)c1. The van der Waals surface area contributed by atoms with Crippen LogP contribution in [0.1, 0.15) is 29.8 Å². The summed E-state index contributed by atoms with van der Waals surface area (Å²) in [5.74, 6) is -0.523. The molecule has 0 spiro atoms. The maximum Gasteiger partial charge on any atom is 0.251 e. The Morgan fingerprint density at radius 1 is 1.12 bits per heavy atom. The van der Waals surface area contributed by atoms with Crippen LogP contribution < -0.4 is 10.0 Å². The highest BCUT2D eigenvalue weighted by atomic mass is 32.2. The molecule has 0 heterocycles. The first-order valence-corrected chi connectivity index (χ1v) is 9.39. The Morgan fingerprint density at radius 2 is 1.84 bits per heavy atom. The molecule has 2 rings (SSSR count). The van der Waals surface area contributed by atoms with Crippen molar-refractivity contribution >= 4 is 15.9 Å². The molecule has 0 aliphatic carbocycles. The van der Waals surface area contributed by atoms with Crippen LogP contribution in [0.15, 0.2) is 53.4 Å². The average Bonchev–Trinajstić information content (AvgIpc) is 2.59. The van der Waals surface area contributed by atoms with Gasteiger partial charge >= 0.3 is 0 Å². The van der Waals surface area contributed by atoms with E-state index in [0.717, 1.165) is 0 Å². The van der Waals surface area contributed by atoms with E-state index in [1.807, 2.05) is 13.8 Å². The molecule has 1 amide bonds. The van der Waals surface area contributed by atoms with Crippen LogP contribution in [0.3, 0.4) is 0 Å². The summed E-state index contributed by atoms with van der Waals surface area (Å²) in [6, 6.07) is 11.7. The van der Waals surface area contributed by atoms with Crippen molar-refractivity contribution in [3.05, 3.63) is 65.5 Å². The van der Waals surface area contributed by atoms with Crippen molar-refractivity contribution in [2.75, 3.05) is 6.54 Å². The van der Waals surface area contributed by atoms with Gasteiger partial charge in [-0.25, -0.2) is 17.5 Å². The van der Waals surface area contributed by atoms with Gasteiger partial charge in [0.2, 0.25) is 10.0 Å². The maximum absolute atomic E-state index is 13.6. The standard InChI is InChI=1S/C18H21FN2O3S/c1-13(2)11-20-18(22)14-7-5-8-16(10-14)25(23,24)21-12-15-6-3-4-9-17(15)19/h3-10,13,21H,11-12H2,1-2H3,(H,20,22). The highest BCUT2D eigenvalue weighted by Crippen LogP contribution is 2.13. The van der Waals surface area contributed by atoms with E-state index in [1.165, 1.54) is 36.4 Å². The van der Waals surface area contributed by atoms with Crippen molar-refractivity contribution in [2.45, 2.75) is 25.3 Å². The largest absolute Gasteiger partial charge is 0.352 e. The number of carbonyl (C=O) groups is 1. The zero-order chi connectivity index (χ0) is 18.4. The van der Waals surface area contributed by atoms with E-state index in [0.29, 0.717) is 12.5 Å². The predicted octanol–water partition coefficient (Wildman–Crippen LogP) is 2.69. The molecule has 0 atom stereocenters. The number of hydrogen-bond donors (Lipinski definition) is 2. The van der Waals surface area contributed by atoms with Crippen molar-refractivity contribution in [1.82, 2.24) is 10.0 Å². The minimum absolute atomic E-state index is 0.0407. The van der Waals surface area contributed by atoms with Crippen LogP contribution in [0.4, 0.5) is 4.39 Å². The molecule has 0 aliphatic rings. The van der Waals surface area contributed by atoms with Gasteiger partial charge in [-0.1, -0.05) is 38.1 Å². The monoisotopic (exact) mass is 364 g/mol. The summed E-state index contributed by atoms with van der Waals surface area (Å²) in [6.45, 7) is 4.27. The van der Waals surface area contributed by atoms with E-state index < -0.39 is 15.8 Å². The fraction of sp³-hybridized carbons (Fsp3) is 0.278. The topological polar surface area (TPSA) is 75.3 Å². The summed E-state index contributed by atoms with van der Waals surface area (Å²) in [7, 11) is -3.86. The number of rotatable bonds is 7. The van der Waals surface area contributed by atoms with Crippen molar-refractivity contribution in [1.29, 1.82) is 0 Å². The second-order valence-electron chi connectivity index (χ2n) is 6.05. The number of benzene rings is 2. The smallest absolute Gasteiger partial charge is 0.251 e. The van der Waals surface area contributed by atoms with Gasteiger partial charge in [-0.05, 0) is 30.2 Å². The molecule has 2 N–H and O–H groups in total. The Balaban J connectivity index is 2.12. The van der Waals surface area contributed by atoms with Gasteiger partial charge in [0.25, 0.3) is 5.91 Å². The molecule has 0 saturated carbocycles. The fourth-order valence-corrected chi connectivity index (χ4v) is 3.15. The Hall–Kier alpha value is -2.25. The van der Waals surface area contributed by atoms with Crippen LogP contribution in [0.25, 0.3) is 0 Å². The third kappa shape index (κ3) is 5.37. The number of sulfonamides is 1. The van der Waals surface area contributed by atoms with Crippen molar-refractivity contribution in [2.24, 2.45) is 5.92 Å². The average molecular weight is 364 g/mol. The maximum atomic E-state index is 13.6. The predicted molar refractivity (Wildman–Crippen MR) is 94.0 cm³/mol. The molecule has 7 heteroatoms. The number of nitrogens with one attached hydrogen (secondary N) is 2. The Labute approximate surface area is 147 Å². The Morgan fingerprint density at radius 3 is 2.52 bits per heavy atom. The normalized spacial score (nSPS) is 11.5. The Kier molecular flexibility index (Phi) is 6.27. The quantitative estimate of drug-likeness (QED) is 0.793. The highest BCUT2D eigenvalue weighted by molar-refractivity contribution is 7.89. The summed E-state index contributed by atoms with van der Waals surface area (Å²) in [4.78, 5) is 12.0. The molecule has 0 saturated heterocycles. The lowest BCUT2D eigenvalue weighted by Gasteiger charge is -2.10. The lowest BCUT2D eigenvalue weighted by atomic mass is 10.2. The molecule has 0 aromatic heterocycles. The minimum Gasteiger partial charge on any atom is -0.352 e. The van der Waals surface area contributed by atoms with E-state index in [9.17, 15) is 17.6 Å². The Bertz CT molecular complexity index is 851. The van der Waals surface area contributed by atoms with Crippen LogP contribution in [-0.2, 0) is 16.6 Å². The van der Waals surface area contributed by atoms with Crippen molar-refractivity contribution in [3.63, 3.8) is 0 Å². The van der Waals surface area contributed by atoms with Gasteiger partial charge in [0.05, 0.1) is 4.90 Å². The van der Waals surface area contributed by atoms with Gasteiger partial charge in [-0.3, -0.25) is 4.79 Å². The molecule has 2 aromatic carbocycles. The number of carbonyl (C=O) groups excluding carboxylic acids is 1. The molecule has 0 unspecified atom stereocenters. The van der Waals surface area contributed by atoms with Crippen LogP contribution >= 0.6 is 0 Å². The first-order chi connectivity index (χ1) is 11.8. The third-order valence-electron chi connectivity index (χ3n) is 3.49. The van der Waals surface area contributed by atoms with E-state index >= 15 is 0 Å². The van der Waals surface area contributed by atoms with Crippen LogP contribution in [0.5, 0.6) is 0 Å². The van der Waals surface area contributed by atoms with Crippen LogP contribution in [0.2, 0.25) is 0 Å². The lowest BCUT2D eigenvalue weighted by molar-refractivity contribution is 0.0949. The van der Waals surface area contributed by atoms with E-state index in [-0.39, 0.29) is 28.5 Å². The molecular weight excluding hydrogens is 343 g/mol. The van der Waals surface area contributed by atoms with Crippen molar-refractivity contribution in [3.8, 4) is 0 Å². The zero-order valence-corrected chi connectivity index (χ0v) is 14.9. The van der Waals surface area contributed by atoms with E-state index in [4.69, 9.17) is 0 Å². The molecular formula is C18H21FN2O3S. The van der Waals surface area contributed by atoms with Crippen LogP contribution in [0, 0.1) is 11.7 Å². The van der Waals surface area contributed by atoms with Gasteiger partial charge in [0, 0.05) is 24.2 Å². The highest BCUT2D eigenvalue weighted by Gasteiger charge is 2.17. The van der Waals surface area contributed by atoms with E-state index in [1.54, 1.807) is 12.1 Å². The molecule has 0 bridgehead atoms. The number of amides is 1. The number of hydrogen-bond acceptors (Lipinski definition) is 3. The third-order valence-corrected chi connectivity index (χ3v) is 4.89. The van der Waals surface area contributed by atoms with Gasteiger partial charge in [0.1, 0.15) is 5.82 Å². The van der Waals surface area contributed by atoms with Gasteiger partial charge in [-0.2, -0.15) is 0 Å². The van der Waals surface area contributed by atoms with Crippen LogP contribution in [-0.4, -0.2) is 20.9 Å². The molecule has 0 aliphatic heterocycles. The second-order valence-corrected chi connectivity index (χ2v) is 7.81. The molecule has 25 heavy (non-hydrogen) atoms. The molecule has 2 aromatic rings. The van der Waals surface area contributed by atoms with Crippen molar-refractivity contribution < 1.29 is 17.6 Å². The van der Waals surface area contributed by atoms with Gasteiger partial charge in [0.15, 0.2) is 0 Å². The fourth-order valence-electron chi connectivity index (χ4n) is 2.10. The molecule has 0 radical (unpaired) electrons. The molecule has 0 fully saturated rings. The first kappa shape index (κ1) is 19.1. The molecule has 5 nitrogen and oxygen atoms in total. The lowest BCUT2D eigenvalue weighted by Crippen LogP contribution is -2.28. The van der Waals surface area contributed by atoms with E-state index in [2.05, 4.69) is 10.0 Å². The number of halogens is 1. The summed E-state index contributed by atoms with van der Waals surface area (Å²) in [5.41, 5.74) is 0.506. The zero-order valence-electron chi connectivity index (χ0n) is 14.1. The minimum atomic E-state index is -3.86. The second kappa shape index (κ2) is 8.22. The van der Waals surface area contributed by atoms with Gasteiger partial charge in [-0.15, -0.1) is 0 Å². The summed E-state index contributed by atoms with van der Waals surface area (Å²) >= 11 is 0. The summed E-state index contributed by atoms with van der Waals surface area (Å²) in [6.07, 6.45) is 0. The summed E-state index contributed by atoms with van der Waals surface area (Å²) in [5, 5.41) is 2.74. The molecule has 134 valence electrons. The van der Waals surface area contributed by atoms with Gasteiger partial charge < -0.3 is 5.32 Å².